The van der Waals surface area contributed by atoms with Crippen LogP contribution in [0.25, 0.3) is 10.2 Å². The highest BCUT2D eigenvalue weighted by molar-refractivity contribution is 7.89. The van der Waals surface area contributed by atoms with Crippen molar-refractivity contribution >= 4 is 42.6 Å². The standard InChI is InChI=1S/C13H15N3O4S2/c1-14-22(18,19)8-4-5-9-11(7-8)21-13(15-9)16-12(17)10-3-2-6-20-10/h4-5,7,10,14H,2-3,6H2,1H3,(H,15,16,17)/t10-/m0/s1. The van der Waals surface area contributed by atoms with Crippen molar-refractivity contribution in [3.8, 4) is 0 Å². The van der Waals surface area contributed by atoms with Crippen molar-refractivity contribution in [2.24, 2.45) is 0 Å². The number of hydrogen-bond donors (Lipinski definition) is 2. The van der Waals surface area contributed by atoms with E-state index in [1.807, 2.05) is 0 Å². The summed E-state index contributed by atoms with van der Waals surface area (Å²) in [7, 11) is -2.13. The first-order valence-corrected chi connectivity index (χ1v) is 9.06. The van der Waals surface area contributed by atoms with Crippen molar-refractivity contribution in [1.29, 1.82) is 0 Å². The topological polar surface area (TPSA) is 97.4 Å². The van der Waals surface area contributed by atoms with E-state index in [0.29, 0.717) is 28.4 Å². The summed E-state index contributed by atoms with van der Waals surface area (Å²) in [5.74, 6) is -0.209. The summed E-state index contributed by atoms with van der Waals surface area (Å²) >= 11 is 1.23. The molecule has 0 bridgehead atoms. The molecule has 1 atom stereocenters. The van der Waals surface area contributed by atoms with Crippen LogP contribution in [0, 0.1) is 0 Å². The van der Waals surface area contributed by atoms with Crippen LogP contribution in [0.3, 0.4) is 0 Å². The summed E-state index contributed by atoms with van der Waals surface area (Å²) in [5.41, 5.74) is 0.641. The Labute approximate surface area is 131 Å². The van der Waals surface area contributed by atoms with Crippen LogP contribution >= 0.6 is 11.3 Å². The Morgan fingerprint density at radius 1 is 1.45 bits per heavy atom. The van der Waals surface area contributed by atoms with Gasteiger partial charge in [-0.25, -0.2) is 18.1 Å². The van der Waals surface area contributed by atoms with Gasteiger partial charge in [-0.3, -0.25) is 10.1 Å². The third-order valence-corrected chi connectivity index (χ3v) is 5.74. The Hall–Kier alpha value is -1.55. The number of anilines is 1. The van der Waals surface area contributed by atoms with Gasteiger partial charge in [-0.2, -0.15) is 0 Å². The fourth-order valence-corrected chi connectivity index (χ4v) is 3.95. The third-order valence-electron chi connectivity index (χ3n) is 3.39. The number of carbonyl (C=O) groups is 1. The molecule has 0 spiro atoms. The predicted octanol–water partition coefficient (Wildman–Crippen LogP) is 1.32. The first-order valence-electron chi connectivity index (χ1n) is 6.76. The molecule has 9 heteroatoms. The summed E-state index contributed by atoms with van der Waals surface area (Å²) < 4.78 is 31.9. The van der Waals surface area contributed by atoms with E-state index in [1.54, 1.807) is 12.1 Å². The first-order chi connectivity index (χ1) is 10.5. The third kappa shape index (κ3) is 2.98. The number of nitrogens with one attached hydrogen (secondary N) is 2. The van der Waals surface area contributed by atoms with Crippen molar-refractivity contribution in [3.05, 3.63) is 18.2 Å². The lowest BCUT2D eigenvalue weighted by atomic mass is 10.2. The zero-order valence-corrected chi connectivity index (χ0v) is 13.5. The van der Waals surface area contributed by atoms with E-state index in [4.69, 9.17) is 4.74 Å². The second-order valence-corrected chi connectivity index (χ2v) is 7.76. The molecule has 2 aromatic rings. The van der Waals surface area contributed by atoms with Gasteiger partial charge in [0.25, 0.3) is 5.91 Å². The van der Waals surface area contributed by atoms with E-state index in [9.17, 15) is 13.2 Å². The highest BCUT2D eigenvalue weighted by Crippen LogP contribution is 2.28. The number of nitrogens with zero attached hydrogens (tertiary/aromatic N) is 1. The first kappa shape index (κ1) is 15.3. The summed E-state index contributed by atoms with van der Waals surface area (Å²) in [6.07, 6.45) is 1.16. The minimum absolute atomic E-state index is 0.170. The van der Waals surface area contributed by atoms with Gasteiger partial charge in [0.05, 0.1) is 15.1 Å². The van der Waals surface area contributed by atoms with Crippen molar-refractivity contribution in [2.45, 2.75) is 23.8 Å². The molecule has 118 valence electrons. The minimum atomic E-state index is -3.49. The van der Waals surface area contributed by atoms with Gasteiger partial charge in [0.1, 0.15) is 6.10 Å². The molecule has 3 rings (SSSR count). The van der Waals surface area contributed by atoms with Gasteiger partial charge < -0.3 is 4.74 Å². The van der Waals surface area contributed by atoms with E-state index in [1.165, 1.54) is 24.5 Å². The zero-order chi connectivity index (χ0) is 15.7. The van der Waals surface area contributed by atoms with Gasteiger partial charge in [-0.15, -0.1) is 0 Å². The van der Waals surface area contributed by atoms with E-state index in [2.05, 4.69) is 15.0 Å². The lowest BCUT2D eigenvalue weighted by Gasteiger charge is -2.07. The Balaban J connectivity index is 1.85. The van der Waals surface area contributed by atoms with Gasteiger partial charge in [-0.05, 0) is 38.1 Å². The number of fused-ring (bicyclic) bond motifs is 1. The summed E-state index contributed by atoms with van der Waals surface area (Å²) in [5, 5.41) is 3.16. The number of amides is 1. The maximum Gasteiger partial charge on any atom is 0.255 e. The van der Waals surface area contributed by atoms with Crippen LogP contribution in [0.4, 0.5) is 5.13 Å². The molecule has 1 aromatic heterocycles. The van der Waals surface area contributed by atoms with Crippen molar-refractivity contribution in [2.75, 3.05) is 19.0 Å². The van der Waals surface area contributed by atoms with Gasteiger partial charge >= 0.3 is 0 Å². The normalized spacial score (nSPS) is 18.7. The second-order valence-electron chi connectivity index (χ2n) is 4.85. The number of benzene rings is 1. The maximum atomic E-state index is 12.0. The van der Waals surface area contributed by atoms with Crippen LogP contribution in [0.2, 0.25) is 0 Å². The monoisotopic (exact) mass is 341 g/mol. The fraction of sp³-hybridized carbons (Fsp3) is 0.385. The molecule has 2 N–H and O–H groups in total. The Morgan fingerprint density at radius 2 is 2.27 bits per heavy atom. The number of aromatic nitrogens is 1. The number of carbonyl (C=O) groups excluding carboxylic acids is 1. The molecule has 22 heavy (non-hydrogen) atoms. The number of thiazole rings is 1. The van der Waals surface area contributed by atoms with E-state index in [-0.39, 0.29) is 10.8 Å². The van der Waals surface area contributed by atoms with Crippen molar-refractivity contribution < 1.29 is 17.9 Å². The highest BCUT2D eigenvalue weighted by Gasteiger charge is 2.24. The molecule has 0 saturated carbocycles. The van der Waals surface area contributed by atoms with Gasteiger partial charge in [0, 0.05) is 6.61 Å². The lowest BCUT2D eigenvalue weighted by molar-refractivity contribution is -0.124. The average molecular weight is 341 g/mol. The molecule has 0 aliphatic carbocycles. The number of hydrogen-bond acceptors (Lipinski definition) is 6. The number of ether oxygens (including phenoxy) is 1. The van der Waals surface area contributed by atoms with Crippen LogP contribution in [0.5, 0.6) is 0 Å². The van der Waals surface area contributed by atoms with Crippen LogP contribution in [0.15, 0.2) is 23.1 Å². The van der Waals surface area contributed by atoms with E-state index < -0.39 is 16.1 Å². The molecule has 1 aliphatic rings. The molecule has 1 fully saturated rings. The smallest absolute Gasteiger partial charge is 0.255 e. The van der Waals surface area contributed by atoms with Crippen LogP contribution in [-0.2, 0) is 19.6 Å². The molecular formula is C13H15N3O4S2. The zero-order valence-electron chi connectivity index (χ0n) is 11.8. The summed E-state index contributed by atoms with van der Waals surface area (Å²) in [6, 6.07) is 4.65. The molecule has 1 aromatic carbocycles. The molecule has 0 radical (unpaired) electrons. The van der Waals surface area contributed by atoms with Crippen molar-refractivity contribution in [3.63, 3.8) is 0 Å². The fourth-order valence-electron chi connectivity index (χ4n) is 2.21. The van der Waals surface area contributed by atoms with E-state index in [0.717, 1.165) is 6.42 Å². The highest BCUT2D eigenvalue weighted by atomic mass is 32.2. The lowest BCUT2D eigenvalue weighted by Crippen LogP contribution is -2.26. The molecule has 0 unspecified atom stereocenters. The van der Waals surface area contributed by atoms with Crippen molar-refractivity contribution in [1.82, 2.24) is 9.71 Å². The molecule has 2 heterocycles. The Kier molecular flexibility index (Phi) is 4.13. The second kappa shape index (κ2) is 5.92. The van der Waals surface area contributed by atoms with Gasteiger partial charge in [-0.1, -0.05) is 11.3 Å². The van der Waals surface area contributed by atoms with Gasteiger partial charge in [0.2, 0.25) is 10.0 Å². The Bertz CT molecular complexity index is 810. The SMILES string of the molecule is CNS(=O)(=O)c1ccc2nc(NC(=O)[C@@H]3CCCO3)sc2c1. The number of rotatable bonds is 4. The Morgan fingerprint density at radius 3 is 2.95 bits per heavy atom. The molecule has 1 aliphatic heterocycles. The number of sulfonamides is 1. The quantitative estimate of drug-likeness (QED) is 0.874. The minimum Gasteiger partial charge on any atom is -0.368 e. The molecular weight excluding hydrogens is 326 g/mol. The predicted molar refractivity (Wildman–Crippen MR) is 83.5 cm³/mol. The maximum absolute atomic E-state index is 12.0. The van der Waals surface area contributed by atoms with Crippen LogP contribution in [-0.4, -0.2) is 39.1 Å². The average Bonchev–Trinajstić information content (AvgIpc) is 3.15. The molecule has 1 saturated heterocycles. The molecule has 7 nitrogen and oxygen atoms in total. The summed E-state index contributed by atoms with van der Waals surface area (Å²) in [4.78, 5) is 16.4. The van der Waals surface area contributed by atoms with Crippen LogP contribution in [0.1, 0.15) is 12.8 Å². The van der Waals surface area contributed by atoms with Crippen LogP contribution < -0.4 is 10.0 Å². The summed E-state index contributed by atoms with van der Waals surface area (Å²) in [6.45, 7) is 0.600. The molecule has 1 amide bonds. The van der Waals surface area contributed by atoms with E-state index >= 15 is 0 Å². The van der Waals surface area contributed by atoms with Gasteiger partial charge in [0.15, 0.2) is 5.13 Å². The largest absolute Gasteiger partial charge is 0.368 e.